The van der Waals surface area contributed by atoms with Gasteiger partial charge in [0.05, 0.1) is 39.8 Å². The standard InChI is InChI=1S/C22H28ClN3O3/c1-24(14-15-29-20-8-6-18(23)7-9-20)22(27)17-25-10-12-26(13-11-25)19-4-3-5-21(16-19)28-2/h3-9,16H,10-15,17H2,1-2H3/p+1. The summed E-state index contributed by atoms with van der Waals surface area (Å²) >= 11 is 5.87. The minimum atomic E-state index is 0.148. The molecular formula is C22H29ClN3O3+. The van der Waals surface area contributed by atoms with Gasteiger partial charge in [-0.2, -0.15) is 0 Å². The highest BCUT2D eigenvalue weighted by atomic mass is 35.5. The van der Waals surface area contributed by atoms with Crippen LogP contribution in [0.2, 0.25) is 5.02 Å². The lowest BCUT2D eigenvalue weighted by Crippen LogP contribution is -3.15. The molecule has 0 atom stereocenters. The van der Waals surface area contributed by atoms with Crippen molar-refractivity contribution in [3.05, 3.63) is 53.6 Å². The molecule has 1 saturated heterocycles. The molecule has 29 heavy (non-hydrogen) atoms. The van der Waals surface area contributed by atoms with Gasteiger partial charge in [-0.15, -0.1) is 0 Å². The van der Waals surface area contributed by atoms with E-state index in [1.807, 2.05) is 31.3 Å². The van der Waals surface area contributed by atoms with E-state index in [2.05, 4.69) is 17.0 Å². The van der Waals surface area contributed by atoms with Crippen molar-refractivity contribution in [1.82, 2.24) is 4.90 Å². The SMILES string of the molecule is COc1cccc(N2CC[NH+](CC(=O)N(C)CCOc3ccc(Cl)cc3)CC2)c1. The Morgan fingerprint density at radius 2 is 1.86 bits per heavy atom. The largest absolute Gasteiger partial charge is 0.497 e. The summed E-state index contributed by atoms with van der Waals surface area (Å²) < 4.78 is 11.0. The number of likely N-dealkylation sites (N-methyl/N-ethyl adjacent to an activating group) is 1. The Kier molecular flexibility index (Phi) is 7.61. The van der Waals surface area contributed by atoms with Gasteiger partial charge in [0.25, 0.3) is 5.91 Å². The van der Waals surface area contributed by atoms with E-state index in [4.69, 9.17) is 21.1 Å². The zero-order valence-corrected chi connectivity index (χ0v) is 17.8. The van der Waals surface area contributed by atoms with E-state index in [9.17, 15) is 4.79 Å². The molecule has 0 spiro atoms. The maximum atomic E-state index is 12.5. The Hall–Kier alpha value is -2.44. The van der Waals surface area contributed by atoms with Crippen molar-refractivity contribution in [2.45, 2.75) is 0 Å². The van der Waals surface area contributed by atoms with Crippen molar-refractivity contribution in [3.63, 3.8) is 0 Å². The number of benzene rings is 2. The average Bonchev–Trinajstić information content (AvgIpc) is 2.75. The number of ether oxygens (including phenoxy) is 2. The maximum Gasteiger partial charge on any atom is 0.277 e. The van der Waals surface area contributed by atoms with Crippen LogP contribution in [0.3, 0.4) is 0 Å². The van der Waals surface area contributed by atoms with Gasteiger partial charge in [-0.3, -0.25) is 4.79 Å². The van der Waals surface area contributed by atoms with Gasteiger partial charge in [-0.05, 0) is 36.4 Å². The summed E-state index contributed by atoms with van der Waals surface area (Å²) in [5, 5.41) is 0.680. The summed E-state index contributed by atoms with van der Waals surface area (Å²) in [6, 6.07) is 15.4. The quantitative estimate of drug-likeness (QED) is 0.707. The third kappa shape index (κ3) is 6.27. The zero-order valence-electron chi connectivity index (χ0n) is 17.1. The monoisotopic (exact) mass is 418 g/mol. The summed E-state index contributed by atoms with van der Waals surface area (Å²) in [4.78, 5) is 17.9. The molecule has 0 bridgehead atoms. The van der Waals surface area contributed by atoms with Crippen molar-refractivity contribution < 1.29 is 19.2 Å². The molecule has 1 aliphatic heterocycles. The van der Waals surface area contributed by atoms with Crippen molar-refractivity contribution >= 4 is 23.2 Å². The molecule has 156 valence electrons. The van der Waals surface area contributed by atoms with Gasteiger partial charge in [-0.1, -0.05) is 17.7 Å². The predicted octanol–water partition coefficient (Wildman–Crippen LogP) is 1.59. The number of hydrogen-bond acceptors (Lipinski definition) is 4. The lowest BCUT2D eigenvalue weighted by atomic mass is 10.2. The van der Waals surface area contributed by atoms with E-state index in [-0.39, 0.29) is 5.91 Å². The van der Waals surface area contributed by atoms with Gasteiger partial charge in [0, 0.05) is 23.8 Å². The van der Waals surface area contributed by atoms with E-state index >= 15 is 0 Å². The fourth-order valence-corrected chi connectivity index (χ4v) is 3.50. The molecule has 0 aliphatic carbocycles. The second-order valence-electron chi connectivity index (χ2n) is 7.23. The molecule has 1 amide bonds. The summed E-state index contributed by atoms with van der Waals surface area (Å²) in [6.45, 7) is 5.28. The number of anilines is 1. The second kappa shape index (κ2) is 10.4. The Bertz CT molecular complexity index is 792. The van der Waals surface area contributed by atoms with E-state index in [0.29, 0.717) is 24.7 Å². The van der Waals surface area contributed by atoms with Gasteiger partial charge < -0.3 is 24.2 Å². The number of piperazine rings is 1. The first-order valence-corrected chi connectivity index (χ1v) is 10.3. The van der Waals surface area contributed by atoms with Gasteiger partial charge in [-0.25, -0.2) is 0 Å². The van der Waals surface area contributed by atoms with Gasteiger partial charge in [0.15, 0.2) is 6.54 Å². The van der Waals surface area contributed by atoms with Crippen LogP contribution >= 0.6 is 11.6 Å². The average molecular weight is 419 g/mol. The predicted molar refractivity (Wildman–Crippen MR) is 115 cm³/mol. The summed E-state index contributed by atoms with van der Waals surface area (Å²) in [7, 11) is 3.52. The van der Waals surface area contributed by atoms with Crippen LogP contribution in [0, 0.1) is 0 Å². The number of hydrogen-bond donors (Lipinski definition) is 1. The van der Waals surface area contributed by atoms with Crippen LogP contribution in [0.25, 0.3) is 0 Å². The Labute approximate surface area is 177 Å². The molecule has 0 unspecified atom stereocenters. The Balaban J connectivity index is 1.38. The molecule has 0 saturated carbocycles. The summed E-state index contributed by atoms with van der Waals surface area (Å²) in [6.07, 6.45) is 0. The first kappa shape index (κ1) is 21.3. The molecule has 1 heterocycles. The van der Waals surface area contributed by atoms with Crippen molar-refractivity contribution in [1.29, 1.82) is 0 Å². The third-order valence-electron chi connectivity index (χ3n) is 5.23. The van der Waals surface area contributed by atoms with Crippen molar-refractivity contribution in [3.8, 4) is 11.5 Å². The number of halogens is 1. The third-order valence-corrected chi connectivity index (χ3v) is 5.48. The Morgan fingerprint density at radius 1 is 1.14 bits per heavy atom. The molecular weight excluding hydrogens is 390 g/mol. The molecule has 3 rings (SSSR count). The van der Waals surface area contributed by atoms with E-state index in [0.717, 1.165) is 37.7 Å². The normalized spacial score (nSPS) is 14.5. The smallest absolute Gasteiger partial charge is 0.277 e. The number of quaternary nitrogens is 1. The fraction of sp³-hybridized carbons (Fsp3) is 0.409. The molecule has 7 heteroatoms. The zero-order chi connectivity index (χ0) is 20.6. The van der Waals surface area contributed by atoms with E-state index in [1.165, 1.54) is 10.6 Å². The van der Waals surface area contributed by atoms with Crippen LogP contribution in [0.15, 0.2) is 48.5 Å². The van der Waals surface area contributed by atoms with Crippen molar-refractivity contribution in [2.75, 3.05) is 64.9 Å². The van der Waals surface area contributed by atoms with Crippen LogP contribution in [0.5, 0.6) is 11.5 Å². The number of rotatable bonds is 8. The molecule has 0 aromatic heterocycles. The highest BCUT2D eigenvalue weighted by molar-refractivity contribution is 6.30. The molecule has 1 aliphatic rings. The molecule has 2 aromatic carbocycles. The molecule has 1 fully saturated rings. The Morgan fingerprint density at radius 3 is 2.55 bits per heavy atom. The topological polar surface area (TPSA) is 46.5 Å². The highest BCUT2D eigenvalue weighted by Crippen LogP contribution is 2.20. The van der Waals surface area contributed by atoms with Crippen LogP contribution < -0.4 is 19.3 Å². The van der Waals surface area contributed by atoms with Crippen LogP contribution in [-0.4, -0.2) is 70.8 Å². The van der Waals surface area contributed by atoms with Crippen molar-refractivity contribution in [2.24, 2.45) is 0 Å². The highest BCUT2D eigenvalue weighted by Gasteiger charge is 2.24. The summed E-state index contributed by atoms with van der Waals surface area (Å²) in [5.41, 5.74) is 1.17. The first-order chi connectivity index (χ1) is 14.0. The summed E-state index contributed by atoms with van der Waals surface area (Å²) in [5.74, 6) is 1.78. The number of methoxy groups -OCH3 is 1. The van der Waals surface area contributed by atoms with Crippen LogP contribution in [0.4, 0.5) is 5.69 Å². The lowest BCUT2D eigenvalue weighted by molar-refractivity contribution is -0.892. The second-order valence-corrected chi connectivity index (χ2v) is 7.67. The number of amides is 1. The minimum absolute atomic E-state index is 0.148. The first-order valence-electron chi connectivity index (χ1n) is 9.90. The fourth-order valence-electron chi connectivity index (χ4n) is 3.37. The van der Waals surface area contributed by atoms with Crippen LogP contribution in [-0.2, 0) is 4.79 Å². The minimum Gasteiger partial charge on any atom is -0.497 e. The maximum absolute atomic E-state index is 12.5. The molecule has 6 nitrogen and oxygen atoms in total. The lowest BCUT2D eigenvalue weighted by Gasteiger charge is -2.34. The van der Waals surface area contributed by atoms with Crippen LogP contribution in [0.1, 0.15) is 0 Å². The van der Waals surface area contributed by atoms with E-state index in [1.54, 1.807) is 24.1 Å². The number of nitrogens with one attached hydrogen (secondary N) is 1. The van der Waals surface area contributed by atoms with E-state index < -0.39 is 0 Å². The number of carbonyl (C=O) groups excluding carboxylic acids is 1. The van der Waals surface area contributed by atoms with Gasteiger partial charge in [0.1, 0.15) is 18.1 Å². The number of nitrogens with zero attached hydrogens (tertiary/aromatic N) is 2. The van der Waals surface area contributed by atoms with Gasteiger partial charge in [0.2, 0.25) is 0 Å². The number of carbonyl (C=O) groups is 1. The molecule has 0 radical (unpaired) electrons. The molecule has 1 N–H and O–H groups in total. The molecule has 2 aromatic rings. The van der Waals surface area contributed by atoms with Gasteiger partial charge >= 0.3 is 0 Å².